The first-order chi connectivity index (χ1) is 12.9. The number of fused-ring (bicyclic) bond motifs is 4. The lowest BCUT2D eigenvalue weighted by atomic mass is 9.97. The highest BCUT2D eigenvalue weighted by atomic mass is 15.1. The molecular weight excluding hydrogens is 318 g/mol. The molecule has 2 heterocycles. The zero-order valence-corrected chi connectivity index (χ0v) is 14.7. The summed E-state index contributed by atoms with van der Waals surface area (Å²) >= 11 is 0. The van der Waals surface area contributed by atoms with E-state index in [2.05, 4.69) is 70.5 Å². The number of hydrogen-bond donors (Lipinski definition) is 1. The predicted molar refractivity (Wildman–Crippen MR) is 106 cm³/mol. The maximum absolute atomic E-state index is 4.73. The van der Waals surface area contributed by atoms with Crippen molar-refractivity contribution in [2.24, 2.45) is 0 Å². The first-order valence-electron chi connectivity index (χ1n) is 9.19. The monoisotopic (exact) mass is 339 g/mol. The van der Waals surface area contributed by atoms with E-state index in [-0.39, 0.29) is 0 Å². The van der Waals surface area contributed by atoms with Gasteiger partial charge < -0.3 is 4.98 Å². The van der Waals surface area contributed by atoms with Crippen molar-refractivity contribution < 1.29 is 0 Å². The Morgan fingerprint density at radius 2 is 1.38 bits per heavy atom. The molecule has 3 heteroatoms. The lowest BCUT2D eigenvalue weighted by Gasteiger charge is -2.20. The maximum atomic E-state index is 4.73. The van der Waals surface area contributed by atoms with Crippen LogP contribution in [0, 0.1) is 0 Å². The molecule has 0 unspecified atom stereocenters. The molecule has 128 valence electrons. The summed E-state index contributed by atoms with van der Waals surface area (Å²) in [6, 6.07) is 25.8. The molecule has 3 nitrogen and oxygen atoms in total. The van der Waals surface area contributed by atoms with E-state index in [0.717, 1.165) is 42.9 Å². The van der Waals surface area contributed by atoms with Crippen LogP contribution in [0.3, 0.4) is 0 Å². The highest BCUT2D eigenvalue weighted by Gasteiger charge is 2.18. The van der Waals surface area contributed by atoms with Crippen LogP contribution < -0.4 is 0 Å². The van der Waals surface area contributed by atoms with E-state index in [4.69, 9.17) is 4.98 Å². The van der Waals surface area contributed by atoms with Crippen LogP contribution in [-0.4, -0.2) is 21.4 Å². The third kappa shape index (κ3) is 2.80. The van der Waals surface area contributed by atoms with Gasteiger partial charge in [-0.15, -0.1) is 0 Å². The van der Waals surface area contributed by atoms with Gasteiger partial charge in [-0.3, -0.25) is 4.90 Å². The molecule has 4 aromatic rings. The molecule has 0 saturated carbocycles. The third-order valence-electron chi connectivity index (χ3n) is 5.22. The van der Waals surface area contributed by atoms with Crippen molar-refractivity contribution in [1.29, 1.82) is 0 Å². The second kappa shape index (κ2) is 6.43. The Kier molecular flexibility index (Phi) is 3.80. The third-order valence-corrected chi connectivity index (χ3v) is 5.22. The Morgan fingerprint density at radius 3 is 2.08 bits per heavy atom. The van der Waals surface area contributed by atoms with Gasteiger partial charge in [0.15, 0.2) is 0 Å². The van der Waals surface area contributed by atoms with E-state index in [1.165, 1.54) is 22.3 Å². The molecule has 3 aromatic carbocycles. The van der Waals surface area contributed by atoms with Gasteiger partial charge in [-0.1, -0.05) is 60.7 Å². The first kappa shape index (κ1) is 15.4. The molecule has 0 radical (unpaired) electrons. The molecule has 0 amide bonds. The number of aromatic nitrogens is 2. The summed E-state index contributed by atoms with van der Waals surface area (Å²) in [6.45, 7) is 2.94. The molecule has 1 aliphatic rings. The average molecular weight is 339 g/mol. The van der Waals surface area contributed by atoms with E-state index in [1.54, 1.807) is 0 Å². The minimum atomic E-state index is 0.930. The average Bonchev–Trinajstić information content (AvgIpc) is 3.02. The Balaban J connectivity index is 1.42. The van der Waals surface area contributed by atoms with Crippen molar-refractivity contribution in [2.45, 2.75) is 19.5 Å². The van der Waals surface area contributed by atoms with Crippen LogP contribution in [0.25, 0.3) is 22.2 Å². The fraction of sp³-hybridized carbons (Fsp3) is 0.174. The van der Waals surface area contributed by atoms with Gasteiger partial charge in [0.25, 0.3) is 0 Å². The summed E-state index contributed by atoms with van der Waals surface area (Å²) in [5.41, 5.74) is 7.72. The summed E-state index contributed by atoms with van der Waals surface area (Å²) in [4.78, 5) is 10.7. The van der Waals surface area contributed by atoms with Gasteiger partial charge in [0.2, 0.25) is 0 Å². The first-order valence-corrected chi connectivity index (χ1v) is 9.19. The van der Waals surface area contributed by atoms with Gasteiger partial charge in [-0.05, 0) is 34.4 Å². The minimum absolute atomic E-state index is 0.930. The number of nitrogens with one attached hydrogen (secondary N) is 1. The molecule has 0 atom stereocenters. The molecule has 0 spiro atoms. The van der Waals surface area contributed by atoms with Gasteiger partial charge in [-0.2, -0.15) is 0 Å². The summed E-state index contributed by atoms with van der Waals surface area (Å²) in [5, 5.41) is 0. The van der Waals surface area contributed by atoms with Crippen molar-refractivity contribution in [2.75, 3.05) is 6.54 Å². The normalized spacial score (nSPS) is 14.0. The van der Waals surface area contributed by atoms with Crippen LogP contribution in [0.4, 0.5) is 0 Å². The lowest BCUT2D eigenvalue weighted by molar-refractivity contribution is 0.261. The molecule has 0 fully saturated rings. The highest BCUT2D eigenvalue weighted by molar-refractivity contribution is 5.74. The Hall–Kier alpha value is -2.91. The summed E-state index contributed by atoms with van der Waals surface area (Å²) < 4.78 is 0. The van der Waals surface area contributed by atoms with Crippen molar-refractivity contribution in [1.82, 2.24) is 14.9 Å². The Bertz CT molecular complexity index is 983. The standard InChI is InChI=1S/C23H21N3/c1-3-9-19-17(7-1)15-26(16-18-8-2-4-10-20(18)19)14-13-23-24-21-11-5-6-12-22(21)25-23/h1-12H,13-16H2,(H,24,25). The molecular formula is C23H21N3. The van der Waals surface area contributed by atoms with Crippen LogP contribution in [0.1, 0.15) is 17.0 Å². The van der Waals surface area contributed by atoms with Crippen LogP contribution in [0.5, 0.6) is 0 Å². The predicted octanol–water partition coefficient (Wildman–Crippen LogP) is 4.79. The van der Waals surface area contributed by atoms with Crippen molar-refractivity contribution in [3.63, 3.8) is 0 Å². The van der Waals surface area contributed by atoms with Crippen molar-refractivity contribution in [3.05, 3.63) is 89.7 Å². The largest absolute Gasteiger partial charge is 0.342 e. The van der Waals surface area contributed by atoms with Crippen LogP contribution in [-0.2, 0) is 19.5 Å². The van der Waals surface area contributed by atoms with Gasteiger partial charge in [0.05, 0.1) is 11.0 Å². The summed E-state index contributed by atoms with van der Waals surface area (Å²) in [7, 11) is 0. The van der Waals surface area contributed by atoms with Crippen LogP contribution in [0.2, 0.25) is 0 Å². The number of aromatic amines is 1. The number of rotatable bonds is 3. The van der Waals surface area contributed by atoms with E-state index >= 15 is 0 Å². The Morgan fingerprint density at radius 1 is 0.769 bits per heavy atom. The quantitative estimate of drug-likeness (QED) is 0.582. The molecule has 5 rings (SSSR count). The molecule has 1 aliphatic heterocycles. The zero-order valence-electron chi connectivity index (χ0n) is 14.7. The molecule has 1 aromatic heterocycles. The number of nitrogens with zero attached hydrogens (tertiary/aromatic N) is 2. The van der Waals surface area contributed by atoms with Crippen molar-refractivity contribution >= 4 is 11.0 Å². The second-order valence-electron chi connectivity index (χ2n) is 6.98. The lowest BCUT2D eigenvalue weighted by Crippen LogP contribution is -2.24. The number of H-pyrrole nitrogens is 1. The number of benzene rings is 3. The van der Waals surface area contributed by atoms with E-state index in [9.17, 15) is 0 Å². The fourth-order valence-electron chi connectivity index (χ4n) is 3.93. The second-order valence-corrected chi connectivity index (χ2v) is 6.98. The van der Waals surface area contributed by atoms with Gasteiger partial charge >= 0.3 is 0 Å². The number of imidazole rings is 1. The Labute approximate surface area is 153 Å². The van der Waals surface area contributed by atoms with Crippen LogP contribution in [0.15, 0.2) is 72.8 Å². The molecule has 0 aliphatic carbocycles. The topological polar surface area (TPSA) is 31.9 Å². The highest BCUT2D eigenvalue weighted by Crippen LogP contribution is 2.32. The molecule has 26 heavy (non-hydrogen) atoms. The van der Waals surface area contributed by atoms with E-state index in [1.807, 2.05) is 12.1 Å². The summed E-state index contributed by atoms with van der Waals surface area (Å²) in [5.74, 6) is 1.07. The SMILES string of the molecule is c1ccc2c(c1)CN(CCc1nc3ccccc3[nH]1)Cc1ccccc1-2. The van der Waals surface area contributed by atoms with E-state index in [0.29, 0.717) is 0 Å². The van der Waals surface area contributed by atoms with Gasteiger partial charge in [-0.25, -0.2) is 4.98 Å². The maximum Gasteiger partial charge on any atom is 0.108 e. The smallest absolute Gasteiger partial charge is 0.108 e. The summed E-state index contributed by atoms with van der Waals surface area (Å²) in [6.07, 6.45) is 0.930. The number of hydrogen-bond acceptors (Lipinski definition) is 2. The molecule has 1 N–H and O–H groups in total. The zero-order chi connectivity index (χ0) is 17.3. The van der Waals surface area contributed by atoms with E-state index < -0.39 is 0 Å². The molecule has 0 bridgehead atoms. The van der Waals surface area contributed by atoms with Gasteiger partial charge in [0.1, 0.15) is 5.82 Å². The van der Waals surface area contributed by atoms with Crippen LogP contribution >= 0.6 is 0 Å². The molecule has 0 saturated heterocycles. The minimum Gasteiger partial charge on any atom is -0.342 e. The van der Waals surface area contributed by atoms with Gasteiger partial charge in [0, 0.05) is 26.1 Å². The van der Waals surface area contributed by atoms with Crippen molar-refractivity contribution in [3.8, 4) is 11.1 Å². The number of para-hydroxylation sites is 2. The fourth-order valence-corrected chi connectivity index (χ4v) is 3.93.